The summed E-state index contributed by atoms with van der Waals surface area (Å²) in [6.45, 7) is 1.95. The first kappa shape index (κ1) is 17.0. The van der Waals surface area contributed by atoms with Crippen molar-refractivity contribution in [2.75, 3.05) is 12.4 Å². The highest BCUT2D eigenvalue weighted by molar-refractivity contribution is 7.14. The minimum absolute atomic E-state index is 0.284. The number of amides is 1. The van der Waals surface area contributed by atoms with Gasteiger partial charge in [0.05, 0.1) is 18.4 Å². The average Bonchev–Trinajstić information content (AvgIpc) is 3.05. The summed E-state index contributed by atoms with van der Waals surface area (Å²) in [5.41, 5.74) is 2.08. The van der Waals surface area contributed by atoms with E-state index in [1.54, 1.807) is 12.5 Å². The summed E-state index contributed by atoms with van der Waals surface area (Å²) in [4.78, 5) is 16.5. The molecule has 0 aliphatic rings. The van der Waals surface area contributed by atoms with Gasteiger partial charge in [-0.1, -0.05) is 11.6 Å². The second kappa shape index (κ2) is 6.98. The number of nitrogens with zero attached hydrogens (tertiary/aromatic N) is 1. The number of benzene rings is 2. The van der Waals surface area contributed by atoms with Crippen molar-refractivity contribution in [3.8, 4) is 17.0 Å². The molecule has 0 atom stereocenters. The number of anilines is 1. The van der Waals surface area contributed by atoms with Crippen molar-refractivity contribution in [1.29, 1.82) is 0 Å². The molecule has 1 heterocycles. The highest BCUT2D eigenvalue weighted by Crippen LogP contribution is 2.33. The van der Waals surface area contributed by atoms with Crippen molar-refractivity contribution < 1.29 is 18.3 Å². The third-order valence-corrected chi connectivity index (χ3v) is 4.29. The van der Waals surface area contributed by atoms with Crippen LogP contribution in [0.2, 0.25) is 0 Å². The standard InChI is InChI=1S/C18H14F2N2O2S/c1-10-3-6-16(24-2)13(7-10)15-9-25-18(21-15)22-17(23)12-8-11(19)4-5-14(12)20/h3-9H,1-2H3,(H,21,22,23). The van der Waals surface area contributed by atoms with E-state index >= 15 is 0 Å². The molecule has 0 bridgehead atoms. The highest BCUT2D eigenvalue weighted by atomic mass is 32.1. The van der Waals surface area contributed by atoms with Crippen molar-refractivity contribution in [2.24, 2.45) is 0 Å². The van der Waals surface area contributed by atoms with Crippen molar-refractivity contribution in [3.63, 3.8) is 0 Å². The number of ether oxygens (including phenoxy) is 1. The van der Waals surface area contributed by atoms with Gasteiger partial charge in [0, 0.05) is 10.9 Å². The monoisotopic (exact) mass is 360 g/mol. The van der Waals surface area contributed by atoms with Crippen LogP contribution >= 0.6 is 11.3 Å². The lowest BCUT2D eigenvalue weighted by molar-refractivity contribution is 0.102. The van der Waals surface area contributed by atoms with Gasteiger partial charge in [-0.15, -0.1) is 11.3 Å². The summed E-state index contributed by atoms with van der Waals surface area (Å²) in [7, 11) is 1.57. The zero-order valence-corrected chi connectivity index (χ0v) is 14.3. The summed E-state index contributed by atoms with van der Waals surface area (Å²) in [6, 6.07) is 8.40. The Morgan fingerprint density at radius 2 is 2.00 bits per heavy atom. The third kappa shape index (κ3) is 3.66. The smallest absolute Gasteiger partial charge is 0.260 e. The van der Waals surface area contributed by atoms with E-state index in [0.29, 0.717) is 11.4 Å². The Labute approximate surface area is 147 Å². The summed E-state index contributed by atoms with van der Waals surface area (Å²) in [5, 5.41) is 4.53. The van der Waals surface area contributed by atoms with Gasteiger partial charge in [-0.3, -0.25) is 10.1 Å². The molecule has 0 unspecified atom stereocenters. The number of methoxy groups -OCH3 is 1. The second-order valence-electron chi connectivity index (χ2n) is 5.32. The fourth-order valence-corrected chi connectivity index (χ4v) is 3.02. The maximum atomic E-state index is 13.7. The van der Waals surface area contributed by atoms with Crippen LogP contribution in [0.3, 0.4) is 0 Å². The van der Waals surface area contributed by atoms with Gasteiger partial charge < -0.3 is 4.74 Å². The number of carbonyl (C=O) groups excluding carboxylic acids is 1. The van der Waals surface area contributed by atoms with E-state index in [2.05, 4.69) is 10.3 Å². The molecule has 1 N–H and O–H groups in total. The molecule has 0 aliphatic heterocycles. The van der Waals surface area contributed by atoms with Crippen molar-refractivity contribution in [1.82, 2.24) is 4.98 Å². The fourth-order valence-electron chi connectivity index (χ4n) is 2.31. The summed E-state index contributed by atoms with van der Waals surface area (Å²) in [5.74, 6) is -1.58. The van der Waals surface area contributed by atoms with Gasteiger partial charge in [0.1, 0.15) is 17.4 Å². The number of aryl methyl sites for hydroxylation is 1. The number of nitrogens with one attached hydrogen (secondary N) is 1. The molecule has 3 aromatic rings. The van der Waals surface area contributed by atoms with Gasteiger partial charge in [0.2, 0.25) is 0 Å². The predicted octanol–water partition coefficient (Wildman–Crippen LogP) is 4.66. The molecule has 0 fully saturated rings. The van der Waals surface area contributed by atoms with Crippen LogP contribution in [-0.2, 0) is 0 Å². The molecule has 1 aromatic heterocycles. The van der Waals surface area contributed by atoms with Crippen LogP contribution in [0.1, 0.15) is 15.9 Å². The maximum absolute atomic E-state index is 13.7. The molecular formula is C18H14F2N2O2S. The Hall–Kier alpha value is -2.80. The summed E-state index contributed by atoms with van der Waals surface area (Å²) >= 11 is 1.19. The molecule has 1 amide bonds. The van der Waals surface area contributed by atoms with Crippen molar-refractivity contribution in [2.45, 2.75) is 6.92 Å². The number of hydrogen-bond donors (Lipinski definition) is 1. The van der Waals surface area contributed by atoms with Crippen LogP contribution < -0.4 is 10.1 Å². The molecule has 0 radical (unpaired) electrons. The predicted molar refractivity (Wildman–Crippen MR) is 93.2 cm³/mol. The largest absolute Gasteiger partial charge is 0.496 e. The van der Waals surface area contributed by atoms with Crippen molar-refractivity contribution in [3.05, 3.63) is 64.5 Å². The highest BCUT2D eigenvalue weighted by Gasteiger charge is 2.16. The van der Waals surface area contributed by atoms with Gasteiger partial charge >= 0.3 is 0 Å². The molecule has 0 saturated heterocycles. The van der Waals surface area contributed by atoms with E-state index in [1.165, 1.54) is 11.3 Å². The molecule has 4 nitrogen and oxygen atoms in total. The van der Waals surface area contributed by atoms with Gasteiger partial charge in [0.15, 0.2) is 5.13 Å². The average molecular weight is 360 g/mol. The molecule has 0 spiro atoms. The lowest BCUT2D eigenvalue weighted by Crippen LogP contribution is -2.14. The van der Waals surface area contributed by atoms with Crippen LogP contribution in [0.15, 0.2) is 41.8 Å². The first-order chi connectivity index (χ1) is 12.0. The second-order valence-corrected chi connectivity index (χ2v) is 6.18. The first-order valence-electron chi connectivity index (χ1n) is 7.35. The number of aromatic nitrogens is 1. The fraction of sp³-hybridized carbons (Fsp3) is 0.111. The molecular weight excluding hydrogens is 346 g/mol. The molecule has 25 heavy (non-hydrogen) atoms. The van der Waals surface area contributed by atoms with E-state index in [9.17, 15) is 13.6 Å². The number of halogens is 2. The van der Waals surface area contributed by atoms with E-state index in [4.69, 9.17) is 4.74 Å². The molecule has 3 rings (SSSR count). The third-order valence-electron chi connectivity index (χ3n) is 3.53. The zero-order valence-electron chi connectivity index (χ0n) is 13.5. The molecule has 0 aliphatic carbocycles. The normalized spacial score (nSPS) is 10.6. The van der Waals surface area contributed by atoms with Gasteiger partial charge in [-0.05, 0) is 37.3 Å². The SMILES string of the molecule is COc1ccc(C)cc1-c1csc(NC(=O)c2cc(F)ccc2F)n1. The Morgan fingerprint density at radius 1 is 1.20 bits per heavy atom. The van der Waals surface area contributed by atoms with Gasteiger partial charge in [-0.25, -0.2) is 13.8 Å². The van der Waals surface area contributed by atoms with Gasteiger partial charge in [-0.2, -0.15) is 0 Å². The van der Waals surface area contributed by atoms with Crippen LogP contribution in [0.5, 0.6) is 5.75 Å². The lowest BCUT2D eigenvalue weighted by Gasteiger charge is -2.07. The van der Waals surface area contributed by atoms with Gasteiger partial charge in [0.25, 0.3) is 5.91 Å². The quantitative estimate of drug-likeness (QED) is 0.736. The van der Waals surface area contributed by atoms with E-state index < -0.39 is 17.5 Å². The summed E-state index contributed by atoms with van der Waals surface area (Å²) in [6.07, 6.45) is 0. The van der Waals surface area contributed by atoms with Crippen LogP contribution in [0.25, 0.3) is 11.3 Å². The Morgan fingerprint density at radius 3 is 2.76 bits per heavy atom. The molecule has 7 heteroatoms. The van der Waals surface area contributed by atoms with Crippen molar-refractivity contribution >= 4 is 22.4 Å². The Balaban J connectivity index is 1.86. The number of carbonyl (C=O) groups is 1. The topological polar surface area (TPSA) is 51.2 Å². The van der Waals surface area contributed by atoms with Crippen LogP contribution in [0, 0.1) is 18.6 Å². The van der Waals surface area contributed by atoms with Crippen LogP contribution in [0.4, 0.5) is 13.9 Å². The van der Waals surface area contributed by atoms with E-state index in [1.807, 2.05) is 25.1 Å². The lowest BCUT2D eigenvalue weighted by atomic mass is 10.1. The number of rotatable bonds is 4. The molecule has 2 aromatic carbocycles. The molecule has 0 saturated carbocycles. The first-order valence-corrected chi connectivity index (χ1v) is 8.23. The Bertz CT molecular complexity index is 941. The van der Waals surface area contributed by atoms with E-state index in [-0.39, 0.29) is 10.7 Å². The number of thiazole rings is 1. The van der Waals surface area contributed by atoms with Crippen LogP contribution in [-0.4, -0.2) is 18.0 Å². The maximum Gasteiger partial charge on any atom is 0.260 e. The Kier molecular flexibility index (Phi) is 4.76. The minimum atomic E-state index is -0.795. The number of hydrogen-bond acceptors (Lipinski definition) is 4. The molecule has 128 valence electrons. The summed E-state index contributed by atoms with van der Waals surface area (Å²) < 4.78 is 32.2. The zero-order chi connectivity index (χ0) is 18.0. The van der Waals surface area contributed by atoms with E-state index in [0.717, 1.165) is 29.3 Å². The minimum Gasteiger partial charge on any atom is -0.496 e.